The summed E-state index contributed by atoms with van der Waals surface area (Å²) in [6.45, 7) is 4.09. The second-order valence-electron chi connectivity index (χ2n) is 4.85. The first-order valence-electron chi connectivity index (χ1n) is 6.81. The molecule has 0 amide bonds. The van der Waals surface area contributed by atoms with Crippen molar-refractivity contribution in [3.63, 3.8) is 0 Å². The number of aromatic nitrogens is 2. The van der Waals surface area contributed by atoms with Crippen molar-refractivity contribution in [1.82, 2.24) is 14.9 Å². The minimum Gasteiger partial charge on any atom is -0.337 e. The zero-order valence-corrected chi connectivity index (χ0v) is 13.0. The van der Waals surface area contributed by atoms with Gasteiger partial charge < -0.3 is 9.88 Å². The molecule has 1 atom stereocenters. The van der Waals surface area contributed by atoms with E-state index in [0.29, 0.717) is 5.02 Å². The minimum atomic E-state index is 0.230. The van der Waals surface area contributed by atoms with Crippen LogP contribution in [0, 0.1) is 0 Å². The van der Waals surface area contributed by atoms with Crippen LogP contribution in [0.5, 0.6) is 0 Å². The highest BCUT2D eigenvalue weighted by Gasteiger charge is 2.08. The maximum absolute atomic E-state index is 6.20. The van der Waals surface area contributed by atoms with Gasteiger partial charge in [0, 0.05) is 35.0 Å². The average molecular weight is 312 g/mol. The SMILES string of the molecule is CC(NCCCCn1ccnc1)c1ccc(Cl)cc1Cl. The Morgan fingerprint density at radius 3 is 2.85 bits per heavy atom. The average Bonchev–Trinajstić information content (AvgIpc) is 2.91. The van der Waals surface area contributed by atoms with E-state index in [-0.39, 0.29) is 6.04 Å². The van der Waals surface area contributed by atoms with E-state index < -0.39 is 0 Å². The predicted octanol–water partition coefficient (Wildman–Crippen LogP) is 4.32. The molecule has 0 saturated carbocycles. The lowest BCUT2D eigenvalue weighted by molar-refractivity contribution is 0.523. The van der Waals surface area contributed by atoms with Gasteiger partial charge in [0.15, 0.2) is 0 Å². The van der Waals surface area contributed by atoms with Crippen molar-refractivity contribution in [2.24, 2.45) is 0 Å². The van der Waals surface area contributed by atoms with Crippen LogP contribution in [0.25, 0.3) is 0 Å². The van der Waals surface area contributed by atoms with Gasteiger partial charge in [0.2, 0.25) is 0 Å². The third-order valence-corrected chi connectivity index (χ3v) is 3.84. The topological polar surface area (TPSA) is 29.9 Å². The molecule has 1 heterocycles. The molecule has 0 radical (unpaired) electrons. The van der Waals surface area contributed by atoms with Crippen molar-refractivity contribution in [1.29, 1.82) is 0 Å². The Labute approximate surface area is 129 Å². The number of hydrogen-bond acceptors (Lipinski definition) is 2. The summed E-state index contributed by atoms with van der Waals surface area (Å²) in [4.78, 5) is 4.03. The second-order valence-corrected chi connectivity index (χ2v) is 5.69. The summed E-state index contributed by atoms with van der Waals surface area (Å²) in [5, 5.41) is 4.88. The zero-order chi connectivity index (χ0) is 14.4. The molecular formula is C15H19Cl2N3. The summed E-state index contributed by atoms with van der Waals surface area (Å²) in [6, 6.07) is 5.87. The fourth-order valence-electron chi connectivity index (χ4n) is 2.12. The van der Waals surface area contributed by atoms with Crippen molar-refractivity contribution in [2.75, 3.05) is 6.54 Å². The molecule has 2 aromatic rings. The van der Waals surface area contributed by atoms with Gasteiger partial charge in [0.1, 0.15) is 0 Å². The number of nitrogens with zero attached hydrogens (tertiary/aromatic N) is 2. The predicted molar refractivity (Wildman–Crippen MR) is 84.3 cm³/mol. The third kappa shape index (κ3) is 4.51. The molecule has 0 saturated heterocycles. The lowest BCUT2D eigenvalue weighted by Gasteiger charge is -2.16. The quantitative estimate of drug-likeness (QED) is 0.772. The molecule has 0 spiro atoms. The minimum absolute atomic E-state index is 0.230. The van der Waals surface area contributed by atoms with E-state index in [9.17, 15) is 0 Å². The summed E-state index contributed by atoms with van der Waals surface area (Å²) in [5.41, 5.74) is 1.09. The maximum atomic E-state index is 6.20. The highest BCUT2D eigenvalue weighted by Crippen LogP contribution is 2.25. The number of nitrogens with one attached hydrogen (secondary N) is 1. The number of hydrogen-bond donors (Lipinski definition) is 1. The van der Waals surface area contributed by atoms with Crippen LogP contribution in [0.15, 0.2) is 36.9 Å². The van der Waals surface area contributed by atoms with E-state index in [1.165, 1.54) is 0 Å². The van der Waals surface area contributed by atoms with Crippen LogP contribution in [0.3, 0.4) is 0 Å². The van der Waals surface area contributed by atoms with Crippen molar-refractivity contribution >= 4 is 23.2 Å². The highest BCUT2D eigenvalue weighted by molar-refractivity contribution is 6.35. The fourth-order valence-corrected chi connectivity index (χ4v) is 2.69. The van der Waals surface area contributed by atoms with Crippen LogP contribution in [-0.4, -0.2) is 16.1 Å². The number of aryl methyl sites for hydroxylation is 1. The highest BCUT2D eigenvalue weighted by atomic mass is 35.5. The number of benzene rings is 1. The van der Waals surface area contributed by atoms with E-state index in [1.807, 2.05) is 30.9 Å². The van der Waals surface area contributed by atoms with E-state index in [1.54, 1.807) is 6.07 Å². The second kappa shape index (κ2) is 7.67. The Balaban J connectivity index is 1.70. The van der Waals surface area contributed by atoms with Crippen molar-refractivity contribution in [2.45, 2.75) is 32.4 Å². The first-order chi connectivity index (χ1) is 9.66. The van der Waals surface area contributed by atoms with Gasteiger partial charge in [-0.1, -0.05) is 29.3 Å². The molecule has 108 valence electrons. The van der Waals surface area contributed by atoms with Gasteiger partial charge in [0.25, 0.3) is 0 Å². The number of imidazole rings is 1. The number of rotatable bonds is 7. The fraction of sp³-hybridized carbons (Fsp3) is 0.400. The third-order valence-electron chi connectivity index (χ3n) is 3.28. The zero-order valence-electron chi connectivity index (χ0n) is 11.5. The molecule has 1 unspecified atom stereocenters. The Kier molecular flexibility index (Phi) is 5.89. The molecule has 20 heavy (non-hydrogen) atoms. The first kappa shape index (κ1) is 15.4. The van der Waals surface area contributed by atoms with Crippen LogP contribution in [0.1, 0.15) is 31.4 Å². The van der Waals surface area contributed by atoms with Crippen LogP contribution in [-0.2, 0) is 6.54 Å². The largest absolute Gasteiger partial charge is 0.337 e. The summed E-state index contributed by atoms with van der Waals surface area (Å²) < 4.78 is 2.10. The summed E-state index contributed by atoms with van der Waals surface area (Å²) >= 11 is 12.1. The van der Waals surface area contributed by atoms with E-state index in [0.717, 1.165) is 36.5 Å². The Hall–Kier alpha value is -1.03. The standard InChI is InChI=1S/C15H19Cl2N3/c1-12(14-5-4-13(16)10-15(14)17)19-6-2-3-8-20-9-7-18-11-20/h4-5,7,9-12,19H,2-3,6,8H2,1H3. The van der Waals surface area contributed by atoms with Gasteiger partial charge in [-0.3, -0.25) is 0 Å². The Bertz CT molecular complexity index is 526. The van der Waals surface area contributed by atoms with Gasteiger partial charge in [-0.2, -0.15) is 0 Å². The van der Waals surface area contributed by atoms with Crippen molar-refractivity contribution in [3.05, 3.63) is 52.5 Å². The lowest BCUT2D eigenvalue weighted by Crippen LogP contribution is -2.20. The molecular weight excluding hydrogens is 293 g/mol. The number of halogens is 2. The van der Waals surface area contributed by atoms with Gasteiger partial charge in [-0.15, -0.1) is 0 Å². The normalized spacial score (nSPS) is 12.6. The van der Waals surface area contributed by atoms with Crippen molar-refractivity contribution < 1.29 is 0 Å². The van der Waals surface area contributed by atoms with E-state index >= 15 is 0 Å². The van der Waals surface area contributed by atoms with E-state index in [2.05, 4.69) is 21.8 Å². The van der Waals surface area contributed by atoms with E-state index in [4.69, 9.17) is 23.2 Å². The van der Waals surface area contributed by atoms with Crippen LogP contribution >= 0.6 is 23.2 Å². The van der Waals surface area contributed by atoms with Crippen molar-refractivity contribution in [3.8, 4) is 0 Å². The summed E-state index contributed by atoms with van der Waals surface area (Å²) in [7, 11) is 0. The number of unbranched alkanes of at least 4 members (excludes halogenated alkanes) is 1. The maximum Gasteiger partial charge on any atom is 0.0945 e. The molecule has 0 bridgehead atoms. The summed E-state index contributed by atoms with van der Waals surface area (Å²) in [5.74, 6) is 0. The molecule has 0 aliphatic heterocycles. The van der Waals surface area contributed by atoms with Gasteiger partial charge in [-0.25, -0.2) is 4.98 Å². The van der Waals surface area contributed by atoms with Crippen LogP contribution < -0.4 is 5.32 Å². The lowest BCUT2D eigenvalue weighted by atomic mass is 10.1. The molecule has 0 fully saturated rings. The smallest absolute Gasteiger partial charge is 0.0945 e. The summed E-state index contributed by atoms with van der Waals surface area (Å²) in [6.07, 6.45) is 7.90. The van der Waals surface area contributed by atoms with Gasteiger partial charge in [0.05, 0.1) is 6.33 Å². The molecule has 0 aliphatic rings. The molecule has 1 N–H and O–H groups in total. The molecule has 2 rings (SSSR count). The first-order valence-corrected chi connectivity index (χ1v) is 7.56. The van der Waals surface area contributed by atoms with Gasteiger partial charge >= 0.3 is 0 Å². The molecule has 3 nitrogen and oxygen atoms in total. The molecule has 1 aromatic heterocycles. The Morgan fingerprint density at radius 2 is 2.15 bits per heavy atom. The molecule has 1 aromatic carbocycles. The van der Waals surface area contributed by atoms with Gasteiger partial charge in [-0.05, 0) is 44.0 Å². The van der Waals surface area contributed by atoms with Crippen LogP contribution in [0.4, 0.5) is 0 Å². The molecule has 5 heteroatoms. The monoisotopic (exact) mass is 311 g/mol. The Morgan fingerprint density at radius 1 is 1.30 bits per heavy atom. The molecule has 0 aliphatic carbocycles. The van der Waals surface area contributed by atoms with Crippen LogP contribution in [0.2, 0.25) is 10.0 Å².